The van der Waals surface area contributed by atoms with Crippen molar-refractivity contribution in [2.24, 2.45) is 5.10 Å². The third-order valence-corrected chi connectivity index (χ3v) is 4.70. The summed E-state index contributed by atoms with van der Waals surface area (Å²) in [7, 11) is 0. The molecule has 170 valence electrons. The van der Waals surface area contributed by atoms with Gasteiger partial charge in [0.05, 0.1) is 12.8 Å². The molecular formula is C25H24ClN3O4. The average Bonchev–Trinajstić information content (AvgIpc) is 2.80. The van der Waals surface area contributed by atoms with Crippen molar-refractivity contribution in [1.82, 2.24) is 5.43 Å². The first-order valence-corrected chi connectivity index (χ1v) is 10.7. The fraction of sp³-hybridized carbons (Fsp3) is 0.160. The van der Waals surface area contributed by atoms with E-state index in [1.165, 1.54) is 6.21 Å². The second-order valence-corrected chi connectivity index (χ2v) is 7.48. The molecular weight excluding hydrogens is 442 g/mol. The van der Waals surface area contributed by atoms with Gasteiger partial charge in [-0.15, -0.1) is 0 Å². The number of nitrogens with zero attached hydrogens (tertiary/aromatic N) is 1. The lowest BCUT2D eigenvalue weighted by Crippen LogP contribution is -2.20. The lowest BCUT2D eigenvalue weighted by Gasteiger charge is -2.12. The highest BCUT2D eigenvalue weighted by molar-refractivity contribution is 6.30. The molecule has 3 rings (SSSR count). The molecule has 3 aromatic rings. The van der Waals surface area contributed by atoms with Gasteiger partial charge >= 0.3 is 0 Å². The third kappa shape index (κ3) is 7.36. The van der Waals surface area contributed by atoms with Crippen LogP contribution in [0.15, 0.2) is 71.8 Å². The Bertz CT molecular complexity index is 1130. The van der Waals surface area contributed by atoms with Crippen molar-refractivity contribution < 1.29 is 19.1 Å². The second-order valence-electron chi connectivity index (χ2n) is 7.05. The Balaban J connectivity index is 1.59. The Kier molecular flexibility index (Phi) is 8.43. The maximum Gasteiger partial charge on any atom is 0.271 e. The van der Waals surface area contributed by atoms with Crippen molar-refractivity contribution in [3.63, 3.8) is 0 Å². The first-order chi connectivity index (χ1) is 15.9. The molecule has 0 aliphatic carbocycles. The highest BCUT2D eigenvalue weighted by atomic mass is 35.5. The molecule has 8 heteroatoms. The van der Waals surface area contributed by atoms with Gasteiger partial charge in [-0.3, -0.25) is 9.59 Å². The van der Waals surface area contributed by atoms with Crippen LogP contribution in [-0.2, 0) is 4.79 Å². The van der Waals surface area contributed by atoms with Gasteiger partial charge in [0.2, 0.25) is 0 Å². The molecule has 2 N–H and O–H groups in total. The number of carbonyl (C=O) groups excluding carboxylic acids is 2. The fourth-order valence-electron chi connectivity index (χ4n) is 2.80. The molecule has 0 spiro atoms. The van der Waals surface area contributed by atoms with E-state index < -0.39 is 0 Å². The summed E-state index contributed by atoms with van der Waals surface area (Å²) < 4.78 is 11.3. The zero-order valence-corrected chi connectivity index (χ0v) is 19.1. The van der Waals surface area contributed by atoms with Crippen LogP contribution in [0.2, 0.25) is 5.02 Å². The molecule has 7 nitrogen and oxygen atoms in total. The number of rotatable bonds is 9. The van der Waals surface area contributed by atoms with E-state index in [0.717, 1.165) is 5.56 Å². The summed E-state index contributed by atoms with van der Waals surface area (Å²) in [5, 5.41) is 7.32. The van der Waals surface area contributed by atoms with Crippen LogP contribution in [0, 0.1) is 6.92 Å². The number of nitrogens with one attached hydrogen (secondary N) is 2. The summed E-state index contributed by atoms with van der Waals surface area (Å²) in [5.41, 5.74) is 5.41. The molecule has 0 unspecified atom stereocenters. The first-order valence-electron chi connectivity index (χ1n) is 10.3. The predicted molar refractivity (Wildman–Crippen MR) is 129 cm³/mol. The minimum absolute atomic E-state index is 0.192. The Morgan fingerprint density at radius 1 is 0.970 bits per heavy atom. The highest BCUT2D eigenvalue weighted by Gasteiger charge is 2.10. The van der Waals surface area contributed by atoms with E-state index in [2.05, 4.69) is 15.8 Å². The van der Waals surface area contributed by atoms with Crippen LogP contribution in [-0.4, -0.2) is 31.2 Å². The summed E-state index contributed by atoms with van der Waals surface area (Å²) >= 11 is 5.85. The Morgan fingerprint density at radius 2 is 1.70 bits per heavy atom. The Labute approximate surface area is 197 Å². The van der Waals surface area contributed by atoms with Gasteiger partial charge in [0.1, 0.15) is 0 Å². The van der Waals surface area contributed by atoms with Gasteiger partial charge in [-0.1, -0.05) is 29.3 Å². The zero-order chi connectivity index (χ0) is 23.6. The van der Waals surface area contributed by atoms with E-state index in [-0.39, 0.29) is 18.4 Å². The minimum Gasteiger partial charge on any atom is -0.490 e. The highest BCUT2D eigenvalue weighted by Crippen LogP contribution is 2.28. The second kappa shape index (κ2) is 11.7. The molecule has 0 atom stereocenters. The number of hydrogen-bond acceptors (Lipinski definition) is 5. The number of aryl methyl sites for hydroxylation is 1. The molecule has 0 aromatic heterocycles. The van der Waals surface area contributed by atoms with E-state index in [1.807, 2.05) is 26.0 Å². The van der Waals surface area contributed by atoms with Gasteiger partial charge in [-0.2, -0.15) is 5.10 Å². The topological polar surface area (TPSA) is 89.0 Å². The largest absolute Gasteiger partial charge is 0.490 e. The number of carbonyl (C=O) groups is 2. The number of anilines is 1. The summed E-state index contributed by atoms with van der Waals surface area (Å²) in [6.45, 7) is 4.02. The van der Waals surface area contributed by atoms with E-state index in [4.69, 9.17) is 21.1 Å². The summed E-state index contributed by atoms with van der Waals surface area (Å²) in [4.78, 5) is 24.3. The lowest BCUT2D eigenvalue weighted by atomic mass is 10.1. The molecule has 33 heavy (non-hydrogen) atoms. The molecule has 0 aliphatic heterocycles. The van der Waals surface area contributed by atoms with Crippen LogP contribution in [0.3, 0.4) is 0 Å². The summed E-state index contributed by atoms with van der Waals surface area (Å²) in [5.74, 6) is 0.265. The minimum atomic E-state index is -0.316. The predicted octanol–water partition coefficient (Wildman–Crippen LogP) is 4.83. The number of benzene rings is 3. The van der Waals surface area contributed by atoms with E-state index in [0.29, 0.717) is 39.9 Å². The first kappa shape index (κ1) is 23.8. The molecule has 0 heterocycles. The SMILES string of the molecule is CCOc1cc(/C=N/NC(=O)c2ccc(C)cc2)ccc1OCC(=O)Nc1ccc(Cl)cc1. The van der Waals surface area contributed by atoms with Crippen molar-refractivity contribution in [3.8, 4) is 11.5 Å². The van der Waals surface area contributed by atoms with Crippen LogP contribution in [0.4, 0.5) is 5.69 Å². The number of hydrazone groups is 1. The standard InChI is InChI=1S/C25H24ClN3O4/c1-3-32-23-14-18(15-27-29-25(31)19-7-4-17(2)5-8-19)6-13-22(23)33-16-24(30)28-21-11-9-20(26)10-12-21/h4-15H,3,16H2,1-2H3,(H,28,30)(H,29,31)/b27-15+. The average molecular weight is 466 g/mol. The van der Waals surface area contributed by atoms with Gasteiger partial charge in [-0.25, -0.2) is 5.43 Å². The van der Waals surface area contributed by atoms with E-state index in [1.54, 1.807) is 54.6 Å². The normalized spacial score (nSPS) is 10.6. The third-order valence-electron chi connectivity index (χ3n) is 4.45. The molecule has 3 aromatic carbocycles. The quantitative estimate of drug-likeness (QED) is 0.350. The van der Waals surface area contributed by atoms with Gasteiger partial charge in [0.25, 0.3) is 11.8 Å². The summed E-state index contributed by atoms with van der Waals surface area (Å²) in [6, 6.07) is 19.1. The van der Waals surface area contributed by atoms with Crippen molar-refractivity contribution in [2.45, 2.75) is 13.8 Å². The van der Waals surface area contributed by atoms with Gasteiger partial charge in [0, 0.05) is 16.3 Å². The number of ether oxygens (including phenoxy) is 2. The van der Waals surface area contributed by atoms with Gasteiger partial charge in [0.15, 0.2) is 18.1 Å². The van der Waals surface area contributed by atoms with Crippen LogP contribution in [0.5, 0.6) is 11.5 Å². The molecule has 0 fully saturated rings. The lowest BCUT2D eigenvalue weighted by molar-refractivity contribution is -0.118. The fourth-order valence-corrected chi connectivity index (χ4v) is 2.93. The Morgan fingerprint density at radius 3 is 2.39 bits per heavy atom. The van der Waals surface area contributed by atoms with Crippen molar-refractivity contribution in [3.05, 3.63) is 88.4 Å². The van der Waals surface area contributed by atoms with Crippen LogP contribution < -0.4 is 20.2 Å². The van der Waals surface area contributed by atoms with Crippen LogP contribution in [0.25, 0.3) is 0 Å². The maximum atomic E-state index is 12.2. The van der Waals surface area contributed by atoms with Crippen LogP contribution >= 0.6 is 11.6 Å². The van der Waals surface area contributed by atoms with Crippen LogP contribution in [0.1, 0.15) is 28.4 Å². The monoisotopic (exact) mass is 465 g/mol. The van der Waals surface area contributed by atoms with Crippen molar-refractivity contribution >= 4 is 35.3 Å². The zero-order valence-electron chi connectivity index (χ0n) is 18.3. The molecule has 0 saturated carbocycles. The Hall–Kier alpha value is -3.84. The number of halogens is 1. The smallest absolute Gasteiger partial charge is 0.271 e. The van der Waals surface area contributed by atoms with E-state index in [9.17, 15) is 9.59 Å². The molecule has 0 saturated heterocycles. The maximum absolute atomic E-state index is 12.2. The number of amides is 2. The van der Waals surface area contributed by atoms with Gasteiger partial charge in [-0.05, 0) is 74.0 Å². The molecule has 2 amide bonds. The molecule has 0 bridgehead atoms. The number of hydrogen-bond donors (Lipinski definition) is 2. The van der Waals surface area contributed by atoms with Gasteiger partial charge < -0.3 is 14.8 Å². The molecule has 0 aliphatic rings. The van der Waals surface area contributed by atoms with Crippen molar-refractivity contribution in [2.75, 3.05) is 18.5 Å². The molecule has 0 radical (unpaired) electrons. The van der Waals surface area contributed by atoms with E-state index >= 15 is 0 Å². The van der Waals surface area contributed by atoms with Crippen molar-refractivity contribution in [1.29, 1.82) is 0 Å². The summed E-state index contributed by atoms with van der Waals surface area (Å²) in [6.07, 6.45) is 1.51.